The fourth-order valence-electron chi connectivity index (χ4n) is 3.26. The van der Waals surface area contributed by atoms with Gasteiger partial charge in [-0.25, -0.2) is 14.1 Å². The number of hydrogen-bond acceptors (Lipinski definition) is 8. The molecule has 0 N–H and O–H groups in total. The lowest BCUT2D eigenvalue weighted by molar-refractivity contribution is 0.0600. The molecule has 4 aromatic rings. The molecule has 4 rings (SSSR count). The normalized spacial score (nSPS) is 12.0. The van der Waals surface area contributed by atoms with Crippen LogP contribution in [0, 0.1) is 0 Å². The molecule has 11 heteroatoms. The van der Waals surface area contributed by atoms with Gasteiger partial charge in [0.2, 0.25) is 0 Å². The number of carbonyl (C=O) groups excluding carboxylic acids is 1. The summed E-state index contributed by atoms with van der Waals surface area (Å²) in [5.74, 6) is -0.160. The maximum absolute atomic E-state index is 12.1. The number of carbonyl (C=O) groups is 1. The maximum atomic E-state index is 12.1. The Bertz CT molecular complexity index is 1300. The van der Waals surface area contributed by atoms with Crippen molar-refractivity contribution in [3.63, 3.8) is 0 Å². The van der Waals surface area contributed by atoms with Crippen molar-refractivity contribution in [2.75, 3.05) is 18.5 Å². The quantitative estimate of drug-likeness (QED) is 0.322. The second-order valence-electron chi connectivity index (χ2n) is 6.41. The number of ether oxygens (including phenoxy) is 2. The lowest BCUT2D eigenvalue weighted by Crippen LogP contribution is -2.20. The summed E-state index contributed by atoms with van der Waals surface area (Å²) in [6, 6.07) is 10.1. The van der Waals surface area contributed by atoms with Gasteiger partial charge in [-0.1, -0.05) is 12.1 Å². The Hall–Kier alpha value is -3.28. The molecule has 9 nitrogen and oxygen atoms in total. The monoisotopic (exact) mass is 457 g/mol. The Morgan fingerprint density at radius 2 is 2.06 bits per heavy atom. The fourth-order valence-corrected chi connectivity index (χ4v) is 4.70. The van der Waals surface area contributed by atoms with Gasteiger partial charge >= 0.3 is 5.97 Å². The number of aryl methyl sites for hydroxylation is 1. The average molecular weight is 458 g/mol. The molecule has 1 unspecified atom stereocenters. The molecule has 31 heavy (non-hydrogen) atoms. The van der Waals surface area contributed by atoms with Crippen molar-refractivity contribution in [3.8, 4) is 16.3 Å². The summed E-state index contributed by atoms with van der Waals surface area (Å²) in [6.07, 6.45) is 1.76. The minimum Gasteiger partial charge on any atom is -0.755 e. The van der Waals surface area contributed by atoms with Gasteiger partial charge in [-0.2, -0.15) is 5.10 Å². The molecule has 2 aromatic carbocycles. The van der Waals surface area contributed by atoms with E-state index in [4.69, 9.17) is 9.47 Å². The summed E-state index contributed by atoms with van der Waals surface area (Å²) in [6.45, 7) is 0. The Labute approximate surface area is 184 Å². The number of anilines is 2. The van der Waals surface area contributed by atoms with Crippen LogP contribution in [0.3, 0.4) is 0 Å². The summed E-state index contributed by atoms with van der Waals surface area (Å²) in [4.78, 5) is 16.4. The fraction of sp³-hybridized carbons (Fsp3) is 0.150. The van der Waals surface area contributed by atoms with Gasteiger partial charge in [0.25, 0.3) is 0 Å². The van der Waals surface area contributed by atoms with Crippen LogP contribution in [0.5, 0.6) is 5.75 Å². The smallest absolute Gasteiger partial charge is 0.337 e. The zero-order valence-corrected chi connectivity index (χ0v) is 18.4. The van der Waals surface area contributed by atoms with Crippen LogP contribution in [0.25, 0.3) is 21.5 Å². The van der Waals surface area contributed by atoms with E-state index in [2.05, 4.69) is 10.1 Å². The summed E-state index contributed by atoms with van der Waals surface area (Å²) in [5, 5.41) is 7.53. The third-order valence-corrected chi connectivity index (χ3v) is 6.21. The van der Waals surface area contributed by atoms with Gasteiger partial charge in [0.1, 0.15) is 10.8 Å². The largest absolute Gasteiger partial charge is 0.755 e. The highest BCUT2D eigenvalue weighted by atomic mass is 32.2. The molecule has 2 aromatic heterocycles. The third kappa shape index (κ3) is 3.78. The topological polar surface area (TPSA) is 110 Å². The van der Waals surface area contributed by atoms with Crippen LogP contribution in [-0.4, -0.2) is 43.7 Å². The van der Waals surface area contributed by atoms with Gasteiger partial charge in [-0.05, 0) is 24.3 Å². The molecule has 160 valence electrons. The number of nitrogens with zero attached hydrogens (tertiary/aromatic N) is 4. The lowest BCUT2D eigenvalue weighted by atomic mass is 10.1. The zero-order valence-electron chi connectivity index (χ0n) is 16.8. The van der Waals surface area contributed by atoms with E-state index in [0.29, 0.717) is 5.01 Å². The van der Waals surface area contributed by atoms with Gasteiger partial charge in [-0.3, -0.25) is 8.89 Å². The highest BCUT2D eigenvalue weighted by Crippen LogP contribution is 2.39. The lowest BCUT2D eigenvalue weighted by Gasteiger charge is -2.25. The number of methoxy groups -OCH3 is 2. The number of thiazole rings is 1. The van der Waals surface area contributed by atoms with Crippen LogP contribution in [0.2, 0.25) is 0 Å². The molecule has 0 radical (unpaired) electrons. The van der Waals surface area contributed by atoms with Crippen molar-refractivity contribution in [1.82, 2.24) is 14.8 Å². The van der Waals surface area contributed by atoms with Gasteiger partial charge in [0.15, 0.2) is 5.82 Å². The highest BCUT2D eigenvalue weighted by Gasteiger charge is 2.21. The van der Waals surface area contributed by atoms with Crippen molar-refractivity contribution in [3.05, 3.63) is 53.5 Å². The molecule has 0 aliphatic rings. The SMILES string of the molecule is COC(=O)c1ccc(N(c2csc(-c3cccc4cnn(C)c34)n2)S(=O)[O-])c(OC)c1. The van der Waals surface area contributed by atoms with Gasteiger partial charge in [0.05, 0.1) is 48.5 Å². The van der Waals surface area contributed by atoms with E-state index < -0.39 is 17.2 Å². The van der Waals surface area contributed by atoms with Crippen molar-refractivity contribution in [2.45, 2.75) is 0 Å². The highest BCUT2D eigenvalue weighted by molar-refractivity contribution is 7.81. The van der Waals surface area contributed by atoms with Crippen LogP contribution in [0.15, 0.2) is 48.0 Å². The molecule has 0 bridgehead atoms. The predicted octanol–water partition coefficient (Wildman–Crippen LogP) is 3.42. The maximum Gasteiger partial charge on any atom is 0.337 e. The third-order valence-electron chi connectivity index (χ3n) is 4.66. The van der Waals surface area contributed by atoms with Gasteiger partial charge in [0, 0.05) is 23.4 Å². The van der Waals surface area contributed by atoms with Crippen LogP contribution < -0.4 is 9.04 Å². The standard InChI is InChI=1S/C20H18N4O5S2/c1-23-18-13(10-21-23)5-4-6-14(18)19-22-17(11-30-19)24(31(26)27)15-8-7-12(20(25)29-3)9-16(15)28-2/h4-11H,1-3H3,(H,26,27)/p-1. The molecule has 0 aliphatic carbocycles. The van der Waals surface area contributed by atoms with E-state index >= 15 is 0 Å². The summed E-state index contributed by atoms with van der Waals surface area (Å²) < 4.78 is 37.1. The van der Waals surface area contributed by atoms with Crippen molar-refractivity contribution in [1.29, 1.82) is 0 Å². The first-order valence-corrected chi connectivity index (χ1v) is 10.9. The van der Waals surface area contributed by atoms with E-state index in [1.807, 2.05) is 25.2 Å². The minimum atomic E-state index is -2.69. The Morgan fingerprint density at radius 3 is 2.77 bits per heavy atom. The Kier molecular flexibility index (Phi) is 5.72. The van der Waals surface area contributed by atoms with Crippen molar-refractivity contribution in [2.24, 2.45) is 7.05 Å². The predicted molar refractivity (Wildman–Crippen MR) is 117 cm³/mol. The van der Waals surface area contributed by atoms with Crippen LogP contribution in [-0.2, 0) is 23.1 Å². The van der Waals surface area contributed by atoms with Crippen LogP contribution in [0.1, 0.15) is 10.4 Å². The first-order chi connectivity index (χ1) is 14.9. The van der Waals surface area contributed by atoms with E-state index in [0.717, 1.165) is 20.8 Å². The number of hydrogen-bond donors (Lipinski definition) is 0. The number of fused-ring (bicyclic) bond motifs is 1. The molecule has 2 heterocycles. The van der Waals surface area contributed by atoms with E-state index in [-0.39, 0.29) is 22.8 Å². The number of benzene rings is 2. The zero-order chi connectivity index (χ0) is 22.1. The summed E-state index contributed by atoms with van der Waals surface area (Å²) >= 11 is -1.38. The molecule has 0 amide bonds. The summed E-state index contributed by atoms with van der Waals surface area (Å²) in [5.41, 5.74) is 2.21. The first kappa shape index (κ1) is 21.0. The molecular weight excluding hydrogens is 440 g/mol. The number of esters is 1. The average Bonchev–Trinajstić information content (AvgIpc) is 3.40. The molecule has 0 aliphatic heterocycles. The second-order valence-corrected chi connectivity index (χ2v) is 8.07. The first-order valence-electron chi connectivity index (χ1n) is 8.97. The number of para-hydroxylation sites is 1. The Morgan fingerprint density at radius 1 is 1.26 bits per heavy atom. The summed E-state index contributed by atoms with van der Waals surface area (Å²) in [7, 11) is 4.50. The van der Waals surface area contributed by atoms with Crippen LogP contribution in [0.4, 0.5) is 11.5 Å². The molecule has 1 atom stereocenters. The van der Waals surface area contributed by atoms with E-state index in [1.165, 1.54) is 43.8 Å². The van der Waals surface area contributed by atoms with Gasteiger partial charge < -0.3 is 14.0 Å². The molecule has 0 fully saturated rings. The van der Waals surface area contributed by atoms with Gasteiger partial charge in [-0.15, -0.1) is 11.3 Å². The number of rotatable bonds is 6. The number of aromatic nitrogens is 3. The molecule has 0 saturated carbocycles. The Balaban J connectivity index is 1.79. The van der Waals surface area contributed by atoms with Crippen LogP contribution >= 0.6 is 11.3 Å². The van der Waals surface area contributed by atoms with Crippen molar-refractivity contribution >= 4 is 51.0 Å². The molecule has 0 spiro atoms. The van der Waals surface area contributed by atoms with Crippen molar-refractivity contribution < 1.29 is 23.0 Å². The van der Waals surface area contributed by atoms with E-state index in [1.54, 1.807) is 16.3 Å². The minimum absolute atomic E-state index is 0.190. The van der Waals surface area contributed by atoms with E-state index in [9.17, 15) is 13.6 Å². The molecular formula is C20H17N4O5S2-. The molecule has 0 saturated heterocycles. The second kappa shape index (κ2) is 8.46.